The third-order valence-electron chi connectivity index (χ3n) is 3.13. The number of ether oxygens (including phenoxy) is 1. The van der Waals surface area contributed by atoms with Gasteiger partial charge in [0.15, 0.2) is 5.96 Å². The third kappa shape index (κ3) is 11.0. The van der Waals surface area contributed by atoms with Crippen LogP contribution in [0.2, 0.25) is 4.34 Å². The van der Waals surface area contributed by atoms with Gasteiger partial charge >= 0.3 is 6.09 Å². The molecule has 1 amide bonds. The molecule has 0 aromatic carbocycles. The van der Waals surface area contributed by atoms with Crippen LogP contribution >= 0.6 is 46.9 Å². The van der Waals surface area contributed by atoms with Crippen LogP contribution in [0.3, 0.4) is 0 Å². The molecular formula is C17H30ClIN4O3S. The average molecular weight is 533 g/mol. The van der Waals surface area contributed by atoms with Crippen molar-refractivity contribution in [1.82, 2.24) is 15.5 Å². The van der Waals surface area contributed by atoms with Crippen LogP contribution < -0.4 is 10.6 Å². The van der Waals surface area contributed by atoms with Gasteiger partial charge in [-0.05, 0) is 39.8 Å². The van der Waals surface area contributed by atoms with E-state index >= 15 is 0 Å². The third-order valence-corrected chi connectivity index (χ3v) is 4.47. The number of halogens is 2. The van der Waals surface area contributed by atoms with E-state index in [0.717, 1.165) is 4.88 Å². The maximum Gasteiger partial charge on any atom is 0.410 e. The number of carbonyl (C=O) groups excluding carboxylic acids is 1. The van der Waals surface area contributed by atoms with E-state index in [0.29, 0.717) is 29.9 Å². The zero-order valence-corrected chi connectivity index (χ0v) is 20.3. The quantitative estimate of drug-likeness (QED) is 0.284. The van der Waals surface area contributed by atoms with Crippen LogP contribution in [0.5, 0.6) is 0 Å². The SMILES string of the molecule is CCNC(=NCC(O)c1ccc(Cl)s1)NCCN(C)C(=O)OC(C)(C)C.I. The molecule has 0 bridgehead atoms. The lowest BCUT2D eigenvalue weighted by molar-refractivity contribution is 0.0302. The van der Waals surface area contributed by atoms with Gasteiger partial charge in [0, 0.05) is 31.6 Å². The standard InChI is InChI=1S/C17H29ClN4O3S.HI/c1-6-19-15(21-11-12(23)13-7-8-14(18)26-13)20-9-10-22(5)16(24)25-17(2,3)4;/h7-8,12,23H,6,9-11H2,1-5H3,(H2,19,20,21);1H. The molecule has 0 aliphatic rings. The van der Waals surface area contributed by atoms with Gasteiger partial charge in [0.1, 0.15) is 11.7 Å². The summed E-state index contributed by atoms with van der Waals surface area (Å²) < 4.78 is 5.94. The predicted molar refractivity (Wildman–Crippen MR) is 123 cm³/mol. The van der Waals surface area contributed by atoms with E-state index in [1.54, 1.807) is 19.2 Å². The molecule has 0 aliphatic heterocycles. The molecule has 0 fully saturated rings. The Labute approximate surface area is 187 Å². The highest BCUT2D eigenvalue weighted by molar-refractivity contribution is 14.0. The highest BCUT2D eigenvalue weighted by atomic mass is 127. The second-order valence-corrected chi connectivity index (χ2v) is 8.45. The lowest BCUT2D eigenvalue weighted by Crippen LogP contribution is -2.43. The van der Waals surface area contributed by atoms with E-state index in [-0.39, 0.29) is 36.6 Å². The van der Waals surface area contributed by atoms with Crippen molar-refractivity contribution in [2.24, 2.45) is 4.99 Å². The first-order valence-electron chi connectivity index (χ1n) is 8.52. The van der Waals surface area contributed by atoms with Crippen LogP contribution in [0.1, 0.15) is 38.7 Å². The molecule has 0 spiro atoms. The fourth-order valence-corrected chi connectivity index (χ4v) is 2.93. The minimum atomic E-state index is -0.701. The largest absolute Gasteiger partial charge is 0.444 e. The van der Waals surface area contributed by atoms with Gasteiger partial charge in [-0.15, -0.1) is 35.3 Å². The predicted octanol–water partition coefficient (Wildman–Crippen LogP) is 3.47. The summed E-state index contributed by atoms with van der Waals surface area (Å²) in [6.07, 6.45) is -1.07. The van der Waals surface area contributed by atoms with E-state index in [1.807, 2.05) is 27.7 Å². The maximum absolute atomic E-state index is 11.9. The van der Waals surface area contributed by atoms with Crippen molar-refractivity contribution in [3.8, 4) is 0 Å². The Balaban J connectivity index is 0.00000676. The van der Waals surface area contributed by atoms with E-state index in [2.05, 4.69) is 15.6 Å². The number of nitrogens with zero attached hydrogens (tertiary/aromatic N) is 2. The average Bonchev–Trinajstić information content (AvgIpc) is 2.97. The van der Waals surface area contributed by atoms with Gasteiger partial charge in [0.2, 0.25) is 0 Å². The van der Waals surface area contributed by atoms with Crippen LogP contribution in [0, 0.1) is 0 Å². The first kappa shape index (κ1) is 26.2. The van der Waals surface area contributed by atoms with Gasteiger partial charge in [0.05, 0.1) is 10.9 Å². The first-order valence-corrected chi connectivity index (χ1v) is 9.71. The van der Waals surface area contributed by atoms with Gasteiger partial charge in [-0.3, -0.25) is 4.99 Å². The summed E-state index contributed by atoms with van der Waals surface area (Å²) in [5, 5.41) is 16.4. The van der Waals surface area contributed by atoms with E-state index < -0.39 is 11.7 Å². The second-order valence-electron chi connectivity index (χ2n) is 6.71. The number of hydrogen-bond acceptors (Lipinski definition) is 5. The Bertz CT molecular complexity index is 607. The number of guanidine groups is 1. The van der Waals surface area contributed by atoms with Crippen LogP contribution in [0.4, 0.5) is 4.79 Å². The van der Waals surface area contributed by atoms with Gasteiger partial charge in [-0.2, -0.15) is 0 Å². The fraction of sp³-hybridized carbons (Fsp3) is 0.647. The summed E-state index contributed by atoms with van der Waals surface area (Å²) in [7, 11) is 1.68. The maximum atomic E-state index is 11.9. The molecule has 0 radical (unpaired) electrons. The van der Waals surface area contributed by atoms with Crippen molar-refractivity contribution in [2.45, 2.75) is 39.4 Å². The van der Waals surface area contributed by atoms with Crippen molar-refractivity contribution < 1.29 is 14.6 Å². The Morgan fingerprint density at radius 3 is 2.59 bits per heavy atom. The molecule has 0 saturated carbocycles. The molecule has 1 heterocycles. The van der Waals surface area contributed by atoms with Crippen LogP contribution in [-0.4, -0.2) is 60.9 Å². The molecule has 1 atom stereocenters. The monoisotopic (exact) mass is 532 g/mol. The summed E-state index contributed by atoms with van der Waals surface area (Å²) in [6.45, 7) is 9.32. The summed E-state index contributed by atoms with van der Waals surface area (Å²) in [4.78, 5) is 18.6. The molecule has 0 saturated heterocycles. The van der Waals surface area contributed by atoms with Gasteiger partial charge in [-0.1, -0.05) is 11.6 Å². The number of aliphatic imine (C=N–C) groups is 1. The number of aliphatic hydroxyl groups is 1. The normalized spacial score (nSPS) is 12.8. The summed E-state index contributed by atoms with van der Waals surface area (Å²) in [6, 6.07) is 3.55. The molecule has 1 rings (SSSR count). The molecule has 0 aliphatic carbocycles. The highest BCUT2D eigenvalue weighted by Crippen LogP contribution is 2.26. The van der Waals surface area contributed by atoms with Crippen molar-refractivity contribution in [2.75, 3.05) is 33.2 Å². The highest BCUT2D eigenvalue weighted by Gasteiger charge is 2.19. The lowest BCUT2D eigenvalue weighted by Gasteiger charge is -2.25. The van der Waals surface area contributed by atoms with Crippen molar-refractivity contribution >= 4 is 59.0 Å². The molecule has 1 aromatic rings. The fourth-order valence-electron chi connectivity index (χ4n) is 1.89. The van der Waals surface area contributed by atoms with Crippen LogP contribution in [0.25, 0.3) is 0 Å². The van der Waals surface area contributed by atoms with Crippen molar-refractivity contribution in [3.05, 3.63) is 21.3 Å². The molecule has 7 nitrogen and oxygen atoms in total. The molecule has 1 aromatic heterocycles. The number of carbonyl (C=O) groups is 1. The zero-order chi connectivity index (χ0) is 19.7. The van der Waals surface area contributed by atoms with Crippen LogP contribution in [-0.2, 0) is 4.74 Å². The molecule has 1 unspecified atom stereocenters. The minimum absolute atomic E-state index is 0. The van der Waals surface area contributed by atoms with Crippen LogP contribution in [0.15, 0.2) is 17.1 Å². The van der Waals surface area contributed by atoms with Crippen molar-refractivity contribution in [3.63, 3.8) is 0 Å². The minimum Gasteiger partial charge on any atom is -0.444 e. The molecular weight excluding hydrogens is 503 g/mol. The number of nitrogens with one attached hydrogen (secondary N) is 2. The molecule has 3 N–H and O–H groups in total. The molecule has 156 valence electrons. The smallest absolute Gasteiger partial charge is 0.410 e. The van der Waals surface area contributed by atoms with Gasteiger partial charge in [0.25, 0.3) is 0 Å². The topological polar surface area (TPSA) is 86.2 Å². The number of aliphatic hydroxyl groups excluding tert-OH is 1. The summed E-state index contributed by atoms with van der Waals surface area (Å²) in [5.74, 6) is 0.576. The Kier molecular flexibility index (Phi) is 12.3. The van der Waals surface area contributed by atoms with Gasteiger partial charge < -0.3 is 25.4 Å². The number of hydrogen-bond donors (Lipinski definition) is 3. The number of rotatable bonds is 7. The van der Waals surface area contributed by atoms with Gasteiger partial charge in [-0.25, -0.2) is 4.79 Å². The number of likely N-dealkylation sites (N-methyl/N-ethyl adjacent to an activating group) is 1. The Hall–Kier alpha value is -0.780. The molecule has 27 heavy (non-hydrogen) atoms. The number of thiophene rings is 1. The zero-order valence-electron chi connectivity index (χ0n) is 16.4. The van der Waals surface area contributed by atoms with E-state index in [4.69, 9.17) is 16.3 Å². The Morgan fingerprint density at radius 2 is 2.07 bits per heavy atom. The second kappa shape index (κ2) is 12.6. The number of amides is 1. The lowest BCUT2D eigenvalue weighted by atomic mass is 10.2. The Morgan fingerprint density at radius 1 is 1.41 bits per heavy atom. The summed E-state index contributed by atoms with van der Waals surface area (Å²) >= 11 is 7.22. The van der Waals surface area contributed by atoms with Crippen molar-refractivity contribution in [1.29, 1.82) is 0 Å². The van der Waals surface area contributed by atoms with E-state index in [9.17, 15) is 9.90 Å². The molecule has 10 heteroatoms. The first-order chi connectivity index (χ1) is 12.1. The van der Waals surface area contributed by atoms with E-state index in [1.165, 1.54) is 16.2 Å². The summed E-state index contributed by atoms with van der Waals surface area (Å²) in [5.41, 5.74) is -0.518.